The number of nitrogens with one attached hydrogen (secondary N) is 1. The predicted molar refractivity (Wildman–Crippen MR) is 74.5 cm³/mol. The number of nitrogens with two attached hydrogens (primary N) is 1. The number of aryl methyl sites for hydroxylation is 1. The Bertz CT molecular complexity index is 518. The topological polar surface area (TPSA) is 38.0 Å². The normalized spacial score (nSPS) is 10.3. The minimum Gasteiger partial charge on any atom is -0.399 e. The molecule has 94 valence electrons. The molecule has 0 amide bonds. The van der Waals surface area contributed by atoms with E-state index >= 15 is 0 Å². The van der Waals surface area contributed by atoms with Crippen molar-refractivity contribution < 1.29 is 4.39 Å². The first-order valence-corrected chi connectivity index (χ1v) is 6.10. The highest BCUT2D eigenvalue weighted by molar-refractivity contribution is 5.66. The Balaban J connectivity index is 2.27. The summed E-state index contributed by atoms with van der Waals surface area (Å²) in [5, 5.41) is 3.22. The van der Waals surface area contributed by atoms with Gasteiger partial charge in [-0.25, -0.2) is 4.39 Å². The van der Waals surface area contributed by atoms with Crippen LogP contribution in [0.1, 0.15) is 18.9 Å². The average Bonchev–Trinajstić information content (AvgIpc) is 2.30. The van der Waals surface area contributed by atoms with E-state index in [2.05, 4.69) is 18.3 Å². The summed E-state index contributed by atoms with van der Waals surface area (Å²) in [7, 11) is 0. The molecule has 0 spiro atoms. The Morgan fingerprint density at radius 3 is 2.67 bits per heavy atom. The van der Waals surface area contributed by atoms with Crippen molar-refractivity contribution in [3.63, 3.8) is 0 Å². The molecule has 0 fully saturated rings. The van der Waals surface area contributed by atoms with E-state index in [9.17, 15) is 4.39 Å². The molecule has 0 aliphatic rings. The summed E-state index contributed by atoms with van der Waals surface area (Å²) in [6, 6.07) is 12.5. The lowest BCUT2D eigenvalue weighted by Crippen LogP contribution is -1.97. The predicted octanol–water partition coefficient (Wildman–Crippen LogP) is 4.10. The Kier molecular flexibility index (Phi) is 3.82. The molecule has 2 nitrogen and oxygen atoms in total. The van der Waals surface area contributed by atoms with E-state index in [1.165, 1.54) is 17.7 Å². The molecule has 3 heteroatoms. The Labute approximate surface area is 107 Å². The van der Waals surface area contributed by atoms with Gasteiger partial charge >= 0.3 is 0 Å². The lowest BCUT2D eigenvalue weighted by Gasteiger charge is -2.12. The molecule has 0 saturated heterocycles. The average molecular weight is 244 g/mol. The monoisotopic (exact) mass is 244 g/mol. The second-order valence-electron chi connectivity index (χ2n) is 4.31. The summed E-state index contributed by atoms with van der Waals surface area (Å²) in [5.41, 5.74) is 8.96. The van der Waals surface area contributed by atoms with Crippen LogP contribution in [0.4, 0.5) is 21.5 Å². The van der Waals surface area contributed by atoms with Crippen molar-refractivity contribution in [2.24, 2.45) is 0 Å². The van der Waals surface area contributed by atoms with Crippen LogP contribution < -0.4 is 11.1 Å². The van der Waals surface area contributed by atoms with Crippen molar-refractivity contribution in [2.45, 2.75) is 19.8 Å². The Hall–Kier alpha value is -2.03. The number of benzene rings is 2. The van der Waals surface area contributed by atoms with E-state index in [4.69, 9.17) is 5.73 Å². The van der Waals surface area contributed by atoms with E-state index in [1.807, 2.05) is 18.2 Å². The molecule has 2 rings (SSSR count). The number of hydrogen-bond acceptors (Lipinski definition) is 2. The molecular formula is C15H17FN2. The second-order valence-corrected chi connectivity index (χ2v) is 4.31. The highest BCUT2D eigenvalue weighted by Gasteiger charge is 2.03. The van der Waals surface area contributed by atoms with Crippen LogP contribution in [0.5, 0.6) is 0 Å². The van der Waals surface area contributed by atoms with Crippen LogP contribution in [0.15, 0.2) is 42.5 Å². The largest absolute Gasteiger partial charge is 0.399 e. The van der Waals surface area contributed by atoms with Crippen LogP contribution in [0.2, 0.25) is 0 Å². The first-order valence-electron chi connectivity index (χ1n) is 6.10. The smallest absolute Gasteiger partial charge is 0.127 e. The number of rotatable bonds is 4. The van der Waals surface area contributed by atoms with Gasteiger partial charge < -0.3 is 11.1 Å². The van der Waals surface area contributed by atoms with Crippen molar-refractivity contribution in [3.8, 4) is 0 Å². The third-order valence-corrected chi connectivity index (χ3v) is 2.74. The third kappa shape index (κ3) is 3.00. The van der Waals surface area contributed by atoms with Gasteiger partial charge in [-0.05, 0) is 36.2 Å². The number of para-hydroxylation sites is 1. The Morgan fingerprint density at radius 2 is 1.94 bits per heavy atom. The first kappa shape index (κ1) is 12.4. The van der Waals surface area contributed by atoms with E-state index in [0.717, 1.165) is 18.5 Å². The zero-order valence-electron chi connectivity index (χ0n) is 10.4. The van der Waals surface area contributed by atoms with Crippen molar-refractivity contribution >= 4 is 17.1 Å². The van der Waals surface area contributed by atoms with Gasteiger partial charge in [0.15, 0.2) is 0 Å². The van der Waals surface area contributed by atoms with Crippen molar-refractivity contribution in [3.05, 3.63) is 53.8 Å². The second kappa shape index (κ2) is 5.54. The number of anilines is 3. The minimum atomic E-state index is -0.328. The summed E-state index contributed by atoms with van der Waals surface area (Å²) >= 11 is 0. The van der Waals surface area contributed by atoms with Crippen LogP contribution in [0.25, 0.3) is 0 Å². The molecule has 0 aliphatic heterocycles. The molecule has 2 aromatic rings. The van der Waals surface area contributed by atoms with Gasteiger partial charge in [0.25, 0.3) is 0 Å². The van der Waals surface area contributed by atoms with Crippen LogP contribution in [-0.4, -0.2) is 0 Å². The lowest BCUT2D eigenvalue weighted by atomic mass is 10.1. The Morgan fingerprint density at radius 1 is 1.17 bits per heavy atom. The first-order chi connectivity index (χ1) is 8.69. The zero-order valence-corrected chi connectivity index (χ0v) is 10.4. The van der Waals surface area contributed by atoms with E-state index in [-0.39, 0.29) is 5.82 Å². The van der Waals surface area contributed by atoms with Crippen LogP contribution in [0.3, 0.4) is 0 Å². The summed E-state index contributed by atoms with van der Waals surface area (Å²) in [5.74, 6) is -0.328. The fourth-order valence-electron chi connectivity index (χ4n) is 1.97. The van der Waals surface area contributed by atoms with Gasteiger partial charge in [-0.15, -0.1) is 0 Å². The zero-order chi connectivity index (χ0) is 13.0. The van der Waals surface area contributed by atoms with Crippen LogP contribution >= 0.6 is 0 Å². The maximum absolute atomic E-state index is 13.3. The molecule has 18 heavy (non-hydrogen) atoms. The number of nitrogen functional groups attached to an aromatic ring is 1. The van der Waals surface area contributed by atoms with Gasteiger partial charge in [0.05, 0.1) is 0 Å². The van der Waals surface area contributed by atoms with E-state index < -0.39 is 0 Å². The van der Waals surface area contributed by atoms with Crippen LogP contribution in [-0.2, 0) is 6.42 Å². The molecule has 0 aromatic heterocycles. The van der Waals surface area contributed by atoms with Gasteiger partial charge in [-0.3, -0.25) is 0 Å². The SMILES string of the molecule is CCCc1ccccc1Nc1cc(N)cc(F)c1. The molecule has 0 heterocycles. The molecule has 0 bridgehead atoms. The molecule has 2 aromatic carbocycles. The molecule has 0 saturated carbocycles. The van der Waals surface area contributed by atoms with Crippen molar-refractivity contribution in [1.29, 1.82) is 0 Å². The molecule has 0 aliphatic carbocycles. The quantitative estimate of drug-likeness (QED) is 0.794. The summed E-state index contributed by atoms with van der Waals surface area (Å²) < 4.78 is 13.3. The maximum atomic E-state index is 13.3. The minimum absolute atomic E-state index is 0.328. The number of hydrogen-bond donors (Lipinski definition) is 2. The van der Waals surface area contributed by atoms with Gasteiger partial charge in [0.2, 0.25) is 0 Å². The number of halogens is 1. The molecule has 0 atom stereocenters. The highest BCUT2D eigenvalue weighted by Crippen LogP contribution is 2.24. The van der Waals surface area contributed by atoms with E-state index in [1.54, 1.807) is 6.07 Å². The van der Waals surface area contributed by atoms with Gasteiger partial charge in [0.1, 0.15) is 5.82 Å². The van der Waals surface area contributed by atoms with Gasteiger partial charge in [-0.1, -0.05) is 31.5 Å². The van der Waals surface area contributed by atoms with Crippen LogP contribution in [0, 0.1) is 5.82 Å². The molecule has 3 N–H and O–H groups in total. The van der Waals surface area contributed by atoms with Gasteiger partial charge in [0, 0.05) is 17.1 Å². The van der Waals surface area contributed by atoms with Gasteiger partial charge in [-0.2, -0.15) is 0 Å². The fraction of sp³-hybridized carbons (Fsp3) is 0.200. The third-order valence-electron chi connectivity index (χ3n) is 2.74. The van der Waals surface area contributed by atoms with Crippen molar-refractivity contribution in [2.75, 3.05) is 11.1 Å². The highest BCUT2D eigenvalue weighted by atomic mass is 19.1. The standard InChI is InChI=1S/C15H17FN2/c1-2-5-11-6-3-4-7-15(11)18-14-9-12(16)8-13(17)10-14/h3-4,6-10,18H,2,5,17H2,1H3. The van der Waals surface area contributed by atoms with E-state index in [0.29, 0.717) is 11.4 Å². The molecule has 0 unspecified atom stereocenters. The molecule has 0 radical (unpaired) electrons. The maximum Gasteiger partial charge on any atom is 0.127 e. The lowest BCUT2D eigenvalue weighted by molar-refractivity contribution is 0.629. The van der Waals surface area contributed by atoms with Crippen molar-refractivity contribution in [1.82, 2.24) is 0 Å². The summed E-state index contributed by atoms with van der Waals surface area (Å²) in [6.45, 7) is 2.14. The summed E-state index contributed by atoms with van der Waals surface area (Å²) in [6.07, 6.45) is 2.07. The molecular weight excluding hydrogens is 227 g/mol. The summed E-state index contributed by atoms with van der Waals surface area (Å²) in [4.78, 5) is 0. The fourth-order valence-corrected chi connectivity index (χ4v) is 1.97.